The SMILES string of the molecule is CC(C)(C)OC(=O)N1CCC[C@@H]1c1nnc(C(F)(F)F)n1Cc1ccc(Cl)cc1. The van der Waals surface area contributed by atoms with Crippen molar-refractivity contribution in [2.45, 2.75) is 58.0 Å². The van der Waals surface area contributed by atoms with Gasteiger partial charge in [0.2, 0.25) is 5.82 Å². The van der Waals surface area contributed by atoms with Crippen molar-refractivity contribution in [3.8, 4) is 0 Å². The molecular formula is C19H22ClF3N4O2. The highest BCUT2D eigenvalue weighted by Gasteiger charge is 2.42. The average molecular weight is 431 g/mol. The van der Waals surface area contributed by atoms with Gasteiger partial charge in [-0.1, -0.05) is 23.7 Å². The molecule has 1 aromatic carbocycles. The molecule has 0 unspecified atom stereocenters. The molecule has 1 aromatic heterocycles. The molecule has 1 aliphatic heterocycles. The Hall–Kier alpha value is -2.29. The maximum Gasteiger partial charge on any atom is 0.451 e. The van der Waals surface area contributed by atoms with Gasteiger partial charge in [-0.25, -0.2) is 4.79 Å². The third-order valence-corrected chi connectivity index (χ3v) is 4.72. The van der Waals surface area contributed by atoms with Crippen molar-refractivity contribution in [3.05, 3.63) is 46.5 Å². The molecule has 10 heteroatoms. The van der Waals surface area contributed by atoms with Crippen molar-refractivity contribution in [1.29, 1.82) is 0 Å². The number of aromatic nitrogens is 3. The zero-order chi connectivity index (χ0) is 21.4. The van der Waals surface area contributed by atoms with Crippen LogP contribution in [0.15, 0.2) is 24.3 Å². The number of benzene rings is 1. The summed E-state index contributed by atoms with van der Waals surface area (Å²) in [7, 11) is 0. The minimum absolute atomic E-state index is 0.0903. The van der Waals surface area contributed by atoms with Crippen LogP contribution in [0.25, 0.3) is 0 Å². The van der Waals surface area contributed by atoms with E-state index in [1.54, 1.807) is 45.0 Å². The first-order valence-corrected chi connectivity index (χ1v) is 9.58. The Kier molecular flexibility index (Phi) is 5.80. The van der Waals surface area contributed by atoms with Crippen LogP contribution in [0.1, 0.15) is 56.9 Å². The smallest absolute Gasteiger partial charge is 0.444 e. The molecular weight excluding hydrogens is 409 g/mol. The molecule has 6 nitrogen and oxygen atoms in total. The molecule has 2 heterocycles. The van der Waals surface area contributed by atoms with Crippen LogP contribution in [0, 0.1) is 0 Å². The Balaban J connectivity index is 1.97. The quantitative estimate of drug-likeness (QED) is 0.682. The van der Waals surface area contributed by atoms with Crippen molar-refractivity contribution < 1.29 is 22.7 Å². The van der Waals surface area contributed by atoms with E-state index in [4.69, 9.17) is 16.3 Å². The Morgan fingerprint density at radius 1 is 1.21 bits per heavy atom. The van der Waals surface area contributed by atoms with E-state index in [2.05, 4.69) is 10.2 Å². The third kappa shape index (κ3) is 5.01. The maximum atomic E-state index is 13.5. The first-order chi connectivity index (χ1) is 13.5. The van der Waals surface area contributed by atoms with Crippen molar-refractivity contribution in [2.75, 3.05) is 6.54 Å². The Morgan fingerprint density at radius 3 is 2.45 bits per heavy atom. The number of amides is 1. The zero-order valence-electron chi connectivity index (χ0n) is 16.3. The van der Waals surface area contributed by atoms with Crippen LogP contribution in [0.3, 0.4) is 0 Å². The number of halogens is 4. The van der Waals surface area contributed by atoms with Crippen LogP contribution in [-0.4, -0.2) is 37.9 Å². The molecule has 3 rings (SSSR count). The third-order valence-electron chi connectivity index (χ3n) is 4.47. The fourth-order valence-electron chi connectivity index (χ4n) is 3.27. The Labute approximate surface area is 171 Å². The van der Waals surface area contributed by atoms with Crippen molar-refractivity contribution in [1.82, 2.24) is 19.7 Å². The van der Waals surface area contributed by atoms with Crippen molar-refractivity contribution in [2.24, 2.45) is 0 Å². The summed E-state index contributed by atoms with van der Waals surface area (Å²) in [6, 6.07) is 5.87. The first-order valence-electron chi connectivity index (χ1n) is 9.20. The van der Waals surface area contributed by atoms with E-state index in [-0.39, 0.29) is 12.4 Å². The summed E-state index contributed by atoms with van der Waals surface area (Å²) < 4.78 is 47.1. The van der Waals surface area contributed by atoms with Crippen LogP contribution < -0.4 is 0 Å². The molecule has 1 saturated heterocycles. The van der Waals surface area contributed by atoms with Crippen LogP contribution in [0.2, 0.25) is 5.02 Å². The topological polar surface area (TPSA) is 60.2 Å². The highest BCUT2D eigenvalue weighted by Crippen LogP contribution is 2.36. The van der Waals surface area contributed by atoms with Gasteiger partial charge in [0.1, 0.15) is 5.60 Å². The molecule has 0 aliphatic carbocycles. The molecule has 1 fully saturated rings. The number of rotatable bonds is 3. The lowest BCUT2D eigenvalue weighted by atomic mass is 10.2. The number of alkyl halides is 3. The number of hydrogen-bond acceptors (Lipinski definition) is 4. The van der Waals surface area contributed by atoms with Crippen molar-refractivity contribution in [3.63, 3.8) is 0 Å². The van der Waals surface area contributed by atoms with Gasteiger partial charge < -0.3 is 9.30 Å². The van der Waals surface area contributed by atoms with Gasteiger partial charge in [0, 0.05) is 11.6 Å². The minimum atomic E-state index is -4.67. The van der Waals surface area contributed by atoms with Gasteiger partial charge in [-0.05, 0) is 51.3 Å². The predicted octanol–water partition coefficient (Wildman–Crippen LogP) is 5.07. The number of hydrogen-bond donors (Lipinski definition) is 0. The molecule has 0 N–H and O–H groups in total. The average Bonchev–Trinajstić information content (AvgIpc) is 3.21. The predicted molar refractivity (Wildman–Crippen MR) is 100 cm³/mol. The molecule has 0 spiro atoms. The second kappa shape index (κ2) is 7.85. The summed E-state index contributed by atoms with van der Waals surface area (Å²) >= 11 is 5.87. The van der Waals surface area contributed by atoms with E-state index >= 15 is 0 Å². The Morgan fingerprint density at radius 2 is 1.86 bits per heavy atom. The lowest BCUT2D eigenvalue weighted by molar-refractivity contribution is -0.147. The van der Waals surface area contributed by atoms with Gasteiger partial charge in [0.15, 0.2) is 5.82 Å². The molecule has 29 heavy (non-hydrogen) atoms. The monoisotopic (exact) mass is 430 g/mol. The number of carbonyl (C=O) groups excluding carboxylic acids is 1. The fourth-order valence-corrected chi connectivity index (χ4v) is 3.40. The second-order valence-electron chi connectivity index (χ2n) is 7.92. The molecule has 0 saturated carbocycles. The first kappa shape index (κ1) is 21.4. The molecule has 1 amide bonds. The fraction of sp³-hybridized carbons (Fsp3) is 0.526. The summed E-state index contributed by atoms with van der Waals surface area (Å²) in [6.45, 7) is 5.50. The van der Waals surface area contributed by atoms with Gasteiger partial charge in [0.05, 0.1) is 12.6 Å². The van der Waals surface area contributed by atoms with E-state index in [1.807, 2.05) is 0 Å². The van der Waals surface area contributed by atoms with Gasteiger partial charge in [-0.3, -0.25) is 4.90 Å². The normalized spacial score (nSPS) is 17.6. The van der Waals surface area contributed by atoms with Gasteiger partial charge >= 0.3 is 12.3 Å². The number of ether oxygens (including phenoxy) is 1. The van der Waals surface area contributed by atoms with Gasteiger partial charge in [0.25, 0.3) is 0 Å². The molecule has 0 bridgehead atoms. The van der Waals surface area contributed by atoms with Gasteiger partial charge in [-0.15, -0.1) is 10.2 Å². The summed E-state index contributed by atoms with van der Waals surface area (Å²) in [4.78, 5) is 14.0. The number of nitrogens with zero attached hydrogens (tertiary/aromatic N) is 4. The summed E-state index contributed by atoms with van der Waals surface area (Å²) in [5.41, 5.74) is -0.0963. The molecule has 0 radical (unpaired) electrons. The minimum Gasteiger partial charge on any atom is -0.444 e. The molecule has 1 atom stereocenters. The summed E-state index contributed by atoms with van der Waals surface area (Å²) in [6.07, 6.45) is -4.13. The number of likely N-dealkylation sites (tertiary alicyclic amines) is 1. The number of carbonyl (C=O) groups is 1. The molecule has 2 aromatic rings. The Bertz CT molecular complexity index is 875. The van der Waals surface area contributed by atoms with E-state index in [9.17, 15) is 18.0 Å². The highest BCUT2D eigenvalue weighted by atomic mass is 35.5. The van der Waals surface area contributed by atoms with E-state index in [0.717, 1.165) is 4.57 Å². The molecule has 1 aliphatic rings. The lowest BCUT2D eigenvalue weighted by Gasteiger charge is -2.28. The van der Waals surface area contributed by atoms with E-state index in [0.29, 0.717) is 30.0 Å². The lowest BCUT2D eigenvalue weighted by Crippen LogP contribution is -2.37. The summed E-state index contributed by atoms with van der Waals surface area (Å²) in [5, 5.41) is 7.71. The van der Waals surface area contributed by atoms with Crippen LogP contribution in [-0.2, 0) is 17.5 Å². The highest BCUT2D eigenvalue weighted by molar-refractivity contribution is 6.30. The maximum absolute atomic E-state index is 13.5. The van der Waals surface area contributed by atoms with Crippen LogP contribution in [0.5, 0.6) is 0 Å². The largest absolute Gasteiger partial charge is 0.451 e. The second-order valence-corrected chi connectivity index (χ2v) is 8.36. The van der Waals surface area contributed by atoms with E-state index in [1.165, 1.54) is 4.90 Å². The zero-order valence-corrected chi connectivity index (χ0v) is 17.1. The molecule has 158 valence electrons. The van der Waals surface area contributed by atoms with E-state index < -0.39 is 29.7 Å². The van der Waals surface area contributed by atoms with Crippen LogP contribution >= 0.6 is 11.6 Å². The van der Waals surface area contributed by atoms with Gasteiger partial charge in [-0.2, -0.15) is 13.2 Å². The summed E-state index contributed by atoms with van der Waals surface area (Å²) in [5.74, 6) is -1.01. The van der Waals surface area contributed by atoms with Crippen LogP contribution in [0.4, 0.5) is 18.0 Å². The standard InChI is InChI=1S/C19H22ClF3N4O2/c1-18(2,3)29-17(28)26-10-4-5-14(26)15-24-25-16(19(21,22)23)27(15)11-12-6-8-13(20)9-7-12/h6-9,14H,4-5,10-11H2,1-3H3/t14-/m1/s1. The van der Waals surface area contributed by atoms with Crippen molar-refractivity contribution >= 4 is 17.7 Å².